The van der Waals surface area contributed by atoms with Gasteiger partial charge in [0.05, 0.1) is 18.7 Å². The van der Waals surface area contributed by atoms with E-state index in [1.165, 1.54) is 6.92 Å². The average molecular weight is 315 g/mol. The van der Waals surface area contributed by atoms with Gasteiger partial charge in [-0.3, -0.25) is 9.59 Å². The van der Waals surface area contributed by atoms with Crippen molar-refractivity contribution in [3.05, 3.63) is 27.7 Å². The van der Waals surface area contributed by atoms with Crippen LogP contribution in [0.3, 0.4) is 0 Å². The molecule has 5 nitrogen and oxygen atoms in total. The lowest BCUT2D eigenvalue weighted by molar-refractivity contribution is -0.275. The third kappa shape index (κ3) is 5.04. The highest BCUT2D eigenvalue weighted by Gasteiger charge is 2.34. The molecule has 0 atom stereocenters. The van der Waals surface area contributed by atoms with Crippen molar-refractivity contribution in [2.45, 2.75) is 26.1 Å². The number of alkyl halides is 5. The van der Waals surface area contributed by atoms with E-state index < -0.39 is 47.7 Å². The third-order valence-corrected chi connectivity index (χ3v) is 2.21. The minimum Gasteiger partial charge on any atom is -0.466 e. The maximum atomic E-state index is 12.8. The van der Waals surface area contributed by atoms with Crippen molar-refractivity contribution in [2.75, 3.05) is 6.61 Å². The molecule has 21 heavy (non-hydrogen) atoms. The van der Waals surface area contributed by atoms with Crippen LogP contribution >= 0.6 is 0 Å². The van der Waals surface area contributed by atoms with Crippen molar-refractivity contribution < 1.29 is 36.2 Å². The second kappa shape index (κ2) is 6.55. The molecule has 0 aliphatic rings. The van der Waals surface area contributed by atoms with E-state index in [2.05, 4.69) is 9.47 Å². The number of carbonyl (C=O) groups excluding carboxylic acids is 1. The summed E-state index contributed by atoms with van der Waals surface area (Å²) in [5, 5.41) is 0. The van der Waals surface area contributed by atoms with Crippen LogP contribution in [0, 0.1) is 0 Å². The van der Waals surface area contributed by atoms with Gasteiger partial charge >= 0.3 is 12.3 Å². The van der Waals surface area contributed by atoms with E-state index in [1.54, 1.807) is 4.98 Å². The first kappa shape index (κ1) is 16.9. The van der Waals surface area contributed by atoms with Gasteiger partial charge in [-0.2, -0.15) is 0 Å². The molecule has 0 aromatic carbocycles. The Labute approximate surface area is 114 Å². The lowest BCUT2D eigenvalue weighted by atomic mass is 10.1. The lowest BCUT2D eigenvalue weighted by Gasteiger charge is -2.15. The monoisotopic (exact) mass is 315 g/mol. The van der Waals surface area contributed by atoms with Crippen molar-refractivity contribution >= 4 is 5.97 Å². The van der Waals surface area contributed by atoms with Crippen LogP contribution in [0.5, 0.6) is 5.75 Å². The van der Waals surface area contributed by atoms with Crippen molar-refractivity contribution in [1.29, 1.82) is 0 Å². The van der Waals surface area contributed by atoms with Gasteiger partial charge in [0.2, 0.25) is 0 Å². The Morgan fingerprint density at radius 2 is 2.00 bits per heavy atom. The number of nitrogens with one attached hydrogen (secondary N) is 1. The molecule has 1 heterocycles. The van der Waals surface area contributed by atoms with Gasteiger partial charge in [0.1, 0.15) is 5.75 Å². The number of halogens is 5. The number of esters is 1. The predicted octanol–water partition coefficient (Wildman–Crippen LogP) is 2.32. The summed E-state index contributed by atoms with van der Waals surface area (Å²) in [5.41, 5.74) is -3.10. The predicted molar refractivity (Wildman–Crippen MR) is 59.0 cm³/mol. The third-order valence-electron chi connectivity index (χ3n) is 2.21. The van der Waals surface area contributed by atoms with Crippen molar-refractivity contribution in [3.8, 4) is 5.75 Å². The molecule has 1 N–H and O–H groups in total. The number of H-pyrrole nitrogens is 1. The van der Waals surface area contributed by atoms with Crippen LogP contribution in [-0.2, 0) is 16.0 Å². The van der Waals surface area contributed by atoms with E-state index in [-0.39, 0.29) is 6.61 Å². The van der Waals surface area contributed by atoms with Crippen LogP contribution in [0.2, 0.25) is 0 Å². The number of aromatic amines is 1. The standard InChI is InChI=1S/C11H10F5NO4/c1-2-20-8(19)3-5-6(21-11(14,15)16)4-7(18)17-9(5)10(12)13/h4,10H,2-3H2,1H3,(H,17,18). The van der Waals surface area contributed by atoms with Crippen LogP contribution in [0.4, 0.5) is 22.0 Å². The largest absolute Gasteiger partial charge is 0.573 e. The number of ether oxygens (including phenoxy) is 2. The maximum absolute atomic E-state index is 12.8. The summed E-state index contributed by atoms with van der Waals surface area (Å²) in [6.45, 7) is 1.35. The van der Waals surface area contributed by atoms with Crippen LogP contribution in [0.1, 0.15) is 24.6 Å². The number of pyridine rings is 1. The molecule has 0 spiro atoms. The number of carbonyl (C=O) groups is 1. The van der Waals surface area contributed by atoms with Gasteiger partial charge in [-0.1, -0.05) is 0 Å². The summed E-state index contributed by atoms with van der Waals surface area (Å²) in [6, 6.07) is 0.341. The highest BCUT2D eigenvalue weighted by molar-refractivity contribution is 5.74. The molecule has 1 aromatic heterocycles. The molecule has 0 radical (unpaired) electrons. The number of hydrogen-bond acceptors (Lipinski definition) is 4. The van der Waals surface area contributed by atoms with Gasteiger partial charge in [0.25, 0.3) is 12.0 Å². The zero-order chi connectivity index (χ0) is 16.2. The van der Waals surface area contributed by atoms with E-state index in [9.17, 15) is 31.5 Å². The zero-order valence-corrected chi connectivity index (χ0v) is 10.6. The molecule has 0 aliphatic carbocycles. The number of rotatable bonds is 5. The highest BCUT2D eigenvalue weighted by atomic mass is 19.4. The van der Waals surface area contributed by atoms with Gasteiger partial charge in [-0.05, 0) is 6.92 Å². The summed E-state index contributed by atoms with van der Waals surface area (Å²) < 4.78 is 70.3. The topological polar surface area (TPSA) is 68.4 Å². The van der Waals surface area contributed by atoms with Crippen LogP contribution in [0.15, 0.2) is 10.9 Å². The summed E-state index contributed by atoms with van der Waals surface area (Å²) in [6.07, 6.45) is -9.38. The van der Waals surface area contributed by atoms with Crippen LogP contribution in [-0.4, -0.2) is 23.9 Å². The lowest BCUT2D eigenvalue weighted by Crippen LogP contribution is -2.23. The average Bonchev–Trinajstić information content (AvgIpc) is 2.30. The molecule has 10 heteroatoms. The molecule has 1 aromatic rings. The molecular formula is C11H10F5NO4. The van der Waals surface area contributed by atoms with Gasteiger partial charge in [-0.25, -0.2) is 8.78 Å². The minimum absolute atomic E-state index is 0.0817. The molecule has 118 valence electrons. The summed E-state index contributed by atoms with van der Waals surface area (Å²) >= 11 is 0. The molecule has 0 aliphatic heterocycles. The van der Waals surface area contributed by atoms with Crippen molar-refractivity contribution in [1.82, 2.24) is 4.98 Å². The quantitative estimate of drug-likeness (QED) is 0.669. The molecular weight excluding hydrogens is 305 g/mol. The number of aromatic nitrogens is 1. The summed E-state index contributed by atoms with van der Waals surface area (Å²) in [7, 11) is 0. The fourth-order valence-electron chi connectivity index (χ4n) is 1.52. The van der Waals surface area contributed by atoms with E-state index in [4.69, 9.17) is 0 Å². The van der Waals surface area contributed by atoms with Crippen LogP contribution < -0.4 is 10.3 Å². The molecule has 0 unspecified atom stereocenters. The van der Waals surface area contributed by atoms with E-state index in [0.717, 1.165) is 0 Å². The van der Waals surface area contributed by atoms with E-state index in [1.807, 2.05) is 0 Å². The van der Waals surface area contributed by atoms with Crippen molar-refractivity contribution in [2.24, 2.45) is 0 Å². The smallest absolute Gasteiger partial charge is 0.466 e. The summed E-state index contributed by atoms with van der Waals surface area (Å²) in [5.74, 6) is -2.19. The maximum Gasteiger partial charge on any atom is 0.573 e. The van der Waals surface area contributed by atoms with Crippen molar-refractivity contribution in [3.63, 3.8) is 0 Å². The Morgan fingerprint density at radius 1 is 1.38 bits per heavy atom. The fourth-order valence-corrected chi connectivity index (χ4v) is 1.52. The fraction of sp³-hybridized carbons (Fsp3) is 0.455. The second-order valence-electron chi connectivity index (χ2n) is 3.72. The van der Waals surface area contributed by atoms with Crippen LogP contribution in [0.25, 0.3) is 0 Å². The Balaban J connectivity index is 3.32. The highest BCUT2D eigenvalue weighted by Crippen LogP contribution is 2.31. The Hall–Kier alpha value is -2.13. The first-order valence-electron chi connectivity index (χ1n) is 5.59. The molecule has 0 amide bonds. The summed E-state index contributed by atoms with van der Waals surface area (Å²) in [4.78, 5) is 24.1. The molecule has 1 rings (SSSR count). The zero-order valence-electron chi connectivity index (χ0n) is 10.6. The second-order valence-corrected chi connectivity index (χ2v) is 3.72. The Bertz CT molecular complexity index is 567. The van der Waals surface area contributed by atoms with Gasteiger partial charge < -0.3 is 14.5 Å². The molecule has 0 bridgehead atoms. The van der Waals surface area contributed by atoms with Gasteiger partial charge in [0.15, 0.2) is 0 Å². The molecule has 0 saturated carbocycles. The molecule has 0 saturated heterocycles. The molecule has 0 fully saturated rings. The number of hydrogen-bond donors (Lipinski definition) is 1. The van der Waals surface area contributed by atoms with E-state index in [0.29, 0.717) is 6.07 Å². The Kier molecular flexibility index (Phi) is 5.28. The Morgan fingerprint density at radius 3 is 2.48 bits per heavy atom. The normalized spacial score (nSPS) is 11.6. The van der Waals surface area contributed by atoms with Gasteiger partial charge in [0, 0.05) is 11.6 Å². The first-order valence-corrected chi connectivity index (χ1v) is 5.59. The first-order chi connectivity index (χ1) is 9.64. The SMILES string of the molecule is CCOC(=O)Cc1c(OC(F)(F)F)cc(=O)[nH]c1C(F)F. The van der Waals surface area contributed by atoms with Gasteiger partial charge in [-0.15, -0.1) is 13.2 Å². The minimum atomic E-state index is -5.20. The van der Waals surface area contributed by atoms with E-state index >= 15 is 0 Å².